The third-order valence-corrected chi connectivity index (χ3v) is 4.54. The van der Waals surface area contributed by atoms with E-state index in [-0.39, 0.29) is 6.54 Å². The van der Waals surface area contributed by atoms with E-state index in [9.17, 15) is 18.3 Å². The molecule has 1 fully saturated rings. The second kappa shape index (κ2) is 7.10. The number of aromatic nitrogens is 4. The highest BCUT2D eigenvalue weighted by molar-refractivity contribution is 5.48. The molecule has 1 unspecified atom stereocenters. The van der Waals surface area contributed by atoms with Crippen molar-refractivity contribution in [2.24, 2.45) is 7.05 Å². The van der Waals surface area contributed by atoms with E-state index in [2.05, 4.69) is 25.2 Å². The van der Waals surface area contributed by atoms with Crippen molar-refractivity contribution in [3.8, 4) is 0 Å². The maximum Gasteiger partial charge on any atom is 0.424 e. The molecule has 3 heterocycles. The fraction of sp³-hybridized carbons (Fsp3) is 0.562. The minimum absolute atomic E-state index is 0.126. The largest absolute Gasteiger partial charge is 0.424 e. The van der Waals surface area contributed by atoms with Gasteiger partial charge in [0, 0.05) is 51.6 Å². The molecule has 142 valence electrons. The summed E-state index contributed by atoms with van der Waals surface area (Å²) >= 11 is 0. The van der Waals surface area contributed by atoms with E-state index in [0.29, 0.717) is 5.82 Å². The number of rotatable bonds is 6. The Balaban J connectivity index is 1.69. The van der Waals surface area contributed by atoms with Crippen LogP contribution in [0.3, 0.4) is 0 Å². The van der Waals surface area contributed by atoms with Gasteiger partial charge in [0.15, 0.2) is 0 Å². The van der Waals surface area contributed by atoms with E-state index in [0.717, 1.165) is 31.7 Å². The minimum Gasteiger partial charge on any atom is -0.374 e. The van der Waals surface area contributed by atoms with Crippen LogP contribution in [0, 0.1) is 0 Å². The maximum atomic E-state index is 13.5. The highest BCUT2D eigenvalue weighted by Crippen LogP contribution is 2.40. The van der Waals surface area contributed by atoms with Gasteiger partial charge in [-0.2, -0.15) is 13.2 Å². The number of imidazole rings is 1. The number of anilines is 2. The number of aryl methyl sites for hydroxylation is 1. The second-order valence-corrected chi connectivity index (χ2v) is 6.35. The topological polar surface area (TPSA) is 79.1 Å². The van der Waals surface area contributed by atoms with Gasteiger partial charge in [-0.05, 0) is 12.8 Å². The van der Waals surface area contributed by atoms with Crippen LogP contribution in [-0.4, -0.2) is 50.4 Å². The van der Waals surface area contributed by atoms with Crippen molar-refractivity contribution < 1.29 is 18.3 Å². The van der Waals surface area contributed by atoms with Crippen molar-refractivity contribution in [1.82, 2.24) is 19.5 Å². The zero-order valence-corrected chi connectivity index (χ0v) is 14.4. The standard InChI is InChI=1S/C16H21F3N6O/c1-24-9-6-21-14(24)15(26,16(17,18)19)4-5-20-12-10-13(23-11-22-12)25-7-2-3-8-25/h6,9-11,26H,2-5,7-8H2,1H3,(H,20,22,23). The van der Waals surface area contributed by atoms with Gasteiger partial charge >= 0.3 is 6.18 Å². The molecule has 2 aromatic rings. The van der Waals surface area contributed by atoms with Crippen molar-refractivity contribution in [1.29, 1.82) is 0 Å². The Morgan fingerprint density at radius 2 is 1.92 bits per heavy atom. The zero-order valence-electron chi connectivity index (χ0n) is 14.4. The van der Waals surface area contributed by atoms with Crippen LogP contribution in [0.15, 0.2) is 24.8 Å². The van der Waals surface area contributed by atoms with Crippen molar-refractivity contribution >= 4 is 11.6 Å². The van der Waals surface area contributed by atoms with Gasteiger partial charge in [0.1, 0.15) is 23.8 Å². The van der Waals surface area contributed by atoms with E-state index in [1.807, 2.05) is 0 Å². The fourth-order valence-electron chi connectivity index (χ4n) is 3.08. The quantitative estimate of drug-likeness (QED) is 0.810. The summed E-state index contributed by atoms with van der Waals surface area (Å²) in [6.45, 7) is 1.69. The van der Waals surface area contributed by atoms with E-state index >= 15 is 0 Å². The average molecular weight is 370 g/mol. The Bertz CT molecular complexity index is 744. The minimum atomic E-state index is -4.85. The summed E-state index contributed by atoms with van der Waals surface area (Å²) in [7, 11) is 1.42. The Morgan fingerprint density at radius 3 is 2.54 bits per heavy atom. The van der Waals surface area contributed by atoms with Gasteiger partial charge < -0.3 is 19.9 Å². The van der Waals surface area contributed by atoms with Crippen LogP contribution in [-0.2, 0) is 12.6 Å². The Labute approximate surface area is 148 Å². The summed E-state index contributed by atoms with van der Waals surface area (Å²) in [5.74, 6) is 0.730. The molecule has 0 aliphatic carbocycles. The molecule has 10 heteroatoms. The van der Waals surface area contributed by atoms with E-state index in [4.69, 9.17) is 0 Å². The molecule has 0 radical (unpaired) electrons. The number of aliphatic hydroxyl groups is 1. The molecule has 3 rings (SSSR count). The molecule has 26 heavy (non-hydrogen) atoms. The van der Waals surface area contributed by atoms with Crippen LogP contribution in [0.5, 0.6) is 0 Å². The van der Waals surface area contributed by atoms with Crippen LogP contribution < -0.4 is 10.2 Å². The number of alkyl halides is 3. The first-order valence-electron chi connectivity index (χ1n) is 8.39. The molecule has 1 aliphatic rings. The summed E-state index contributed by atoms with van der Waals surface area (Å²) < 4.78 is 41.6. The lowest BCUT2D eigenvalue weighted by Crippen LogP contribution is -2.45. The van der Waals surface area contributed by atoms with Crippen molar-refractivity contribution in [3.05, 3.63) is 30.6 Å². The summed E-state index contributed by atoms with van der Waals surface area (Å²) in [5.41, 5.74) is -3.04. The first-order chi connectivity index (χ1) is 12.3. The Kier molecular flexibility index (Phi) is 5.03. The monoisotopic (exact) mass is 370 g/mol. The maximum absolute atomic E-state index is 13.5. The third-order valence-electron chi connectivity index (χ3n) is 4.54. The SMILES string of the molecule is Cn1ccnc1C(O)(CCNc1cc(N2CCCC2)ncn1)C(F)(F)F. The Morgan fingerprint density at radius 1 is 1.19 bits per heavy atom. The molecule has 0 bridgehead atoms. The fourth-order valence-corrected chi connectivity index (χ4v) is 3.08. The predicted octanol–water partition coefficient (Wildman–Crippen LogP) is 2.06. The van der Waals surface area contributed by atoms with E-state index in [1.165, 1.54) is 30.3 Å². The summed E-state index contributed by atoms with van der Waals surface area (Å²) in [4.78, 5) is 14.0. The lowest BCUT2D eigenvalue weighted by molar-refractivity contribution is -0.271. The molecule has 1 saturated heterocycles. The van der Waals surface area contributed by atoms with Gasteiger partial charge in [-0.25, -0.2) is 15.0 Å². The lowest BCUT2D eigenvalue weighted by Gasteiger charge is -2.30. The molecule has 0 aromatic carbocycles. The number of hydrogen-bond donors (Lipinski definition) is 2. The van der Waals surface area contributed by atoms with Crippen molar-refractivity contribution in [2.75, 3.05) is 29.9 Å². The molecular formula is C16H21F3N6O. The highest BCUT2D eigenvalue weighted by Gasteiger charge is 2.57. The molecule has 1 atom stereocenters. The van der Waals surface area contributed by atoms with Crippen LogP contribution in [0.2, 0.25) is 0 Å². The van der Waals surface area contributed by atoms with Crippen LogP contribution in [0.1, 0.15) is 25.1 Å². The molecule has 0 spiro atoms. The van der Waals surface area contributed by atoms with Crippen molar-refractivity contribution in [2.45, 2.75) is 31.0 Å². The summed E-state index contributed by atoms with van der Waals surface area (Å²) in [6, 6.07) is 1.71. The van der Waals surface area contributed by atoms with Gasteiger partial charge in [-0.1, -0.05) is 0 Å². The van der Waals surface area contributed by atoms with E-state index < -0.39 is 24.0 Å². The van der Waals surface area contributed by atoms with Gasteiger partial charge in [-0.3, -0.25) is 0 Å². The predicted molar refractivity (Wildman–Crippen MR) is 89.7 cm³/mol. The van der Waals surface area contributed by atoms with Crippen LogP contribution in [0.4, 0.5) is 24.8 Å². The summed E-state index contributed by atoms with van der Waals surface area (Å²) in [5, 5.41) is 13.1. The summed E-state index contributed by atoms with van der Waals surface area (Å²) in [6.07, 6.45) is 0.720. The number of nitrogens with one attached hydrogen (secondary N) is 1. The zero-order chi connectivity index (χ0) is 18.8. The van der Waals surface area contributed by atoms with Gasteiger partial charge in [0.25, 0.3) is 0 Å². The van der Waals surface area contributed by atoms with E-state index in [1.54, 1.807) is 6.07 Å². The second-order valence-electron chi connectivity index (χ2n) is 6.35. The lowest BCUT2D eigenvalue weighted by atomic mass is 9.97. The van der Waals surface area contributed by atoms with Gasteiger partial charge in [0.2, 0.25) is 5.60 Å². The molecule has 1 aliphatic heterocycles. The molecule has 0 amide bonds. The molecular weight excluding hydrogens is 349 g/mol. The Hall–Kier alpha value is -2.36. The number of hydrogen-bond acceptors (Lipinski definition) is 6. The average Bonchev–Trinajstić information content (AvgIpc) is 3.25. The van der Waals surface area contributed by atoms with Crippen LogP contribution >= 0.6 is 0 Å². The smallest absolute Gasteiger partial charge is 0.374 e. The molecule has 2 aromatic heterocycles. The number of halogens is 3. The van der Waals surface area contributed by atoms with Crippen molar-refractivity contribution in [3.63, 3.8) is 0 Å². The molecule has 2 N–H and O–H groups in total. The third kappa shape index (κ3) is 3.59. The number of nitrogens with zero attached hydrogens (tertiary/aromatic N) is 5. The normalized spacial score (nSPS) is 17.3. The first kappa shape index (κ1) is 18.4. The van der Waals surface area contributed by atoms with Crippen LogP contribution in [0.25, 0.3) is 0 Å². The van der Waals surface area contributed by atoms with Gasteiger partial charge in [0.05, 0.1) is 0 Å². The van der Waals surface area contributed by atoms with Gasteiger partial charge in [-0.15, -0.1) is 0 Å². The molecule has 7 nitrogen and oxygen atoms in total. The highest BCUT2D eigenvalue weighted by atomic mass is 19.4. The first-order valence-corrected chi connectivity index (χ1v) is 8.39. The molecule has 0 saturated carbocycles.